The molecule has 0 N–H and O–H groups in total. The first-order chi connectivity index (χ1) is 15.9. The molecule has 0 bridgehead atoms. The summed E-state index contributed by atoms with van der Waals surface area (Å²) in [5, 5.41) is 0. The van der Waals surface area contributed by atoms with E-state index in [-0.39, 0.29) is 11.4 Å². The van der Waals surface area contributed by atoms with Crippen LogP contribution in [0.2, 0.25) is 0 Å². The summed E-state index contributed by atoms with van der Waals surface area (Å²) in [4.78, 5) is 9.24. The van der Waals surface area contributed by atoms with Crippen molar-refractivity contribution in [1.29, 1.82) is 0 Å². The van der Waals surface area contributed by atoms with Crippen LogP contribution in [0, 0.1) is 0 Å². The molecule has 1 saturated heterocycles. The van der Waals surface area contributed by atoms with Gasteiger partial charge in [-0.1, -0.05) is 12.1 Å². The van der Waals surface area contributed by atoms with Crippen LogP contribution in [0.15, 0.2) is 47.5 Å². The Bertz CT molecular complexity index is 1040. The minimum absolute atomic E-state index is 0.0726. The third kappa shape index (κ3) is 4.58. The lowest BCUT2D eigenvalue weighted by Crippen LogP contribution is -2.52. The maximum absolute atomic E-state index is 13.4. The van der Waals surface area contributed by atoms with Crippen LogP contribution in [0.5, 0.6) is 5.75 Å². The van der Waals surface area contributed by atoms with Crippen LogP contribution < -0.4 is 9.64 Å². The van der Waals surface area contributed by atoms with E-state index in [1.807, 2.05) is 24.4 Å². The zero-order valence-electron chi connectivity index (χ0n) is 19.4. The average Bonchev–Trinajstić information content (AvgIpc) is 2.86. The first kappa shape index (κ1) is 23.9. The van der Waals surface area contributed by atoms with Gasteiger partial charge in [-0.2, -0.15) is 4.31 Å². The number of anilines is 1. The second-order valence-corrected chi connectivity index (χ2v) is 10.1. The summed E-state index contributed by atoms with van der Waals surface area (Å²) in [5.41, 5.74) is 0.416. The van der Waals surface area contributed by atoms with Crippen LogP contribution in [0.3, 0.4) is 0 Å². The second-order valence-electron chi connectivity index (χ2n) is 8.20. The standard InChI is InChI=1S/C23H32N4O5S/c1-30-19-8-6-9-20-22(19)23(31-2,32-3)18-27(33(20,28)29)13-7-12-25-14-16-26(17-15-25)21-10-4-5-11-24-21/h4-6,8-11H,7,12-18H2,1-3H3. The molecule has 10 heteroatoms. The van der Waals surface area contributed by atoms with Crippen LogP contribution in [0.25, 0.3) is 0 Å². The molecule has 0 saturated carbocycles. The van der Waals surface area contributed by atoms with Crippen LogP contribution in [0.1, 0.15) is 12.0 Å². The quantitative estimate of drug-likeness (QED) is 0.533. The van der Waals surface area contributed by atoms with Gasteiger partial charge in [-0.3, -0.25) is 4.90 Å². The third-order valence-electron chi connectivity index (χ3n) is 6.48. The van der Waals surface area contributed by atoms with Crippen LogP contribution in [0.4, 0.5) is 5.82 Å². The van der Waals surface area contributed by atoms with Gasteiger partial charge in [0.25, 0.3) is 0 Å². The third-order valence-corrected chi connectivity index (χ3v) is 8.37. The number of piperazine rings is 1. The SMILES string of the molecule is COc1cccc2c1C(OC)(OC)CN(CCCN1CCN(c3ccccn3)CC1)S2(=O)=O. The molecule has 1 aromatic heterocycles. The molecule has 0 aliphatic carbocycles. The van der Waals surface area contributed by atoms with Gasteiger partial charge in [0.05, 0.1) is 24.1 Å². The lowest BCUT2D eigenvalue weighted by Gasteiger charge is -2.42. The summed E-state index contributed by atoms with van der Waals surface area (Å²) in [6, 6.07) is 10.9. The summed E-state index contributed by atoms with van der Waals surface area (Å²) >= 11 is 0. The van der Waals surface area contributed by atoms with Gasteiger partial charge in [0.1, 0.15) is 11.6 Å². The second kappa shape index (κ2) is 9.94. The molecule has 4 rings (SSSR count). The number of methoxy groups -OCH3 is 3. The zero-order chi connectivity index (χ0) is 23.5. The minimum Gasteiger partial charge on any atom is -0.496 e. The lowest BCUT2D eigenvalue weighted by molar-refractivity contribution is -0.224. The molecular weight excluding hydrogens is 444 g/mol. The molecule has 0 atom stereocenters. The Morgan fingerprint density at radius 3 is 2.36 bits per heavy atom. The summed E-state index contributed by atoms with van der Waals surface area (Å²) in [6.07, 6.45) is 2.53. The van der Waals surface area contributed by atoms with Gasteiger partial charge in [-0.05, 0) is 37.2 Å². The van der Waals surface area contributed by atoms with E-state index in [0.717, 1.165) is 38.5 Å². The smallest absolute Gasteiger partial charge is 0.243 e. The predicted octanol–water partition coefficient (Wildman–Crippen LogP) is 1.75. The number of sulfonamides is 1. The van der Waals surface area contributed by atoms with Gasteiger partial charge in [-0.25, -0.2) is 13.4 Å². The molecule has 1 fully saturated rings. The Morgan fingerprint density at radius 2 is 1.73 bits per heavy atom. The van der Waals surface area contributed by atoms with Gasteiger partial charge in [-0.15, -0.1) is 0 Å². The predicted molar refractivity (Wildman–Crippen MR) is 125 cm³/mol. The van der Waals surface area contributed by atoms with E-state index in [2.05, 4.69) is 14.8 Å². The zero-order valence-corrected chi connectivity index (χ0v) is 20.3. The molecule has 180 valence electrons. The van der Waals surface area contributed by atoms with E-state index in [9.17, 15) is 8.42 Å². The summed E-state index contributed by atoms with van der Waals surface area (Å²) in [6.45, 7) is 4.93. The fraction of sp³-hybridized carbons (Fsp3) is 0.522. The number of nitrogens with zero attached hydrogens (tertiary/aromatic N) is 4. The van der Waals surface area contributed by atoms with Crippen molar-refractivity contribution in [1.82, 2.24) is 14.2 Å². The van der Waals surface area contributed by atoms with Crippen molar-refractivity contribution in [3.63, 3.8) is 0 Å². The Balaban J connectivity index is 1.42. The molecule has 9 nitrogen and oxygen atoms in total. The number of pyridine rings is 1. The fourth-order valence-corrected chi connectivity index (χ4v) is 6.39. The van der Waals surface area contributed by atoms with E-state index in [0.29, 0.717) is 24.3 Å². The monoisotopic (exact) mass is 476 g/mol. The first-order valence-electron chi connectivity index (χ1n) is 11.1. The highest BCUT2D eigenvalue weighted by atomic mass is 32.2. The maximum Gasteiger partial charge on any atom is 0.243 e. The van der Waals surface area contributed by atoms with Gasteiger partial charge >= 0.3 is 0 Å². The highest BCUT2D eigenvalue weighted by molar-refractivity contribution is 7.89. The topological polar surface area (TPSA) is 84.4 Å². The number of benzene rings is 1. The van der Waals surface area contributed by atoms with E-state index in [4.69, 9.17) is 14.2 Å². The van der Waals surface area contributed by atoms with Crippen molar-refractivity contribution in [3.8, 4) is 5.75 Å². The van der Waals surface area contributed by atoms with Crippen molar-refractivity contribution in [2.24, 2.45) is 0 Å². The minimum atomic E-state index is -3.70. The van der Waals surface area contributed by atoms with Crippen molar-refractivity contribution >= 4 is 15.8 Å². The number of hydrogen-bond acceptors (Lipinski definition) is 8. The maximum atomic E-state index is 13.4. The molecule has 0 radical (unpaired) electrons. The van der Waals surface area contributed by atoms with E-state index in [1.165, 1.54) is 25.6 Å². The number of aromatic nitrogens is 1. The van der Waals surface area contributed by atoms with E-state index >= 15 is 0 Å². The van der Waals surface area contributed by atoms with Crippen molar-refractivity contribution < 1.29 is 22.6 Å². The molecule has 3 heterocycles. The first-order valence-corrected chi connectivity index (χ1v) is 12.6. The highest BCUT2D eigenvalue weighted by Crippen LogP contribution is 2.44. The van der Waals surface area contributed by atoms with Gasteiger partial charge in [0, 0.05) is 53.1 Å². The molecular formula is C23H32N4O5S. The lowest BCUT2D eigenvalue weighted by atomic mass is 10.0. The van der Waals surface area contributed by atoms with Gasteiger partial charge in [0.2, 0.25) is 15.8 Å². The number of rotatable bonds is 8. The summed E-state index contributed by atoms with van der Waals surface area (Å²) in [7, 11) is 0.866. The molecule has 0 amide bonds. The molecule has 0 unspecified atom stereocenters. The molecule has 2 aromatic rings. The molecule has 33 heavy (non-hydrogen) atoms. The van der Waals surface area contributed by atoms with E-state index in [1.54, 1.807) is 18.2 Å². The summed E-state index contributed by atoms with van der Waals surface area (Å²) < 4.78 is 45.2. The Morgan fingerprint density at radius 1 is 0.970 bits per heavy atom. The number of fused-ring (bicyclic) bond motifs is 1. The van der Waals surface area contributed by atoms with Crippen molar-refractivity contribution in [2.45, 2.75) is 17.1 Å². The average molecular weight is 477 g/mol. The molecule has 2 aliphatic rings. The number of hydrogen-bond donors (Lipinski definition) is 0. The van der Waals surface area contributed by atoms with Crippen molar-refractivity contribution in [2.75, 3.05) is 72.0 Å². The largest absolute Gasteiger partial charge is 0.496 e. The Labute approximate surface area is 195 Å². The van der Waals surface area contributed by atoms with Crippen LogP contribution >= 0.6 is 0 Å². The van der Waals surface area contributed by atoms with Gasteiger partial charge < -0.3 is 19.1 Å². The van der Waals surface area contributed by atoms with Crippen LogP contribution in [-0.4, -0.2) is 89.7 Å². The van der Waals surface area contributed by atoms with Crippen LogP contribution in [-0.2, 0) is 25.3 Å². The van der Waals surface area contributed by atoms with Crippen molar-refractivity contribution in [3.05, 3.63) is 48.2 Å². The molecule has 2 aliphatic heterocycles. The fourth-order valence-electron chi connectivity index (χ4n) is 4.63. The number of ether oxygens (including phenoxy) is 3. The highest BCUT2D eigenvalue weighted by Gasteiger charge is 2.49. The Kier molecular flexibility index (Phi) is 7.20. The van der Waals surface area contributed by atoms with Gasteiger partial charge in [0.15, 0.2) is 0 Å². The normalized spacial score (nSPS) is 20.4. The molecule has 0 spiro atoms. The Hall–Kier alpha value is -2.24. The summed E-state index contributed by atoms with van der Waals surface area (Å²) in [5.74, 6) is 0.216. The molecule has 1 aromatic carbocycles. The van der Waals surface area contributed by atoms with E-state index < -0.39 is 15.8 Å².